The largest absolute Gasteiger partial charge is 0.483 e. The number of rotatable bonds is 7. The number of fused-ring (bicyclic) bond motifs is 1. The van der Waals surface area contributed by atoms with Crippen LogP contribution in [0.15, 0.2) is 41.3 Å². The van der Waals surface area contributed by atoms with Gasteiger partial charge in [-0.05, 0) is 24.4 Å². The van der Waals surface area contributed by atoms with Crippen LogP contribution >= 0.6 is 11.8 Å². The number of benzene rings is 2. The number of alkyl halides is 3. The molecule has 0 amide bonds. The van der Waals surface area contributed by atoms with Gasteiger partial charge in [-0.1, -0.05) is 24.3 Å². The summed E-state index contributed by atoms with van der Waals surface area (Å²) >= 11 is 1.62. The van der Waals surface area contributed by atoms with Gasteiger partial charge in [0.15, 0.2) is 6.61 Å². The van der Waals surface area contributed by atoms with Crippen LogP contribution in [0.2, 0.25) is 0 Å². The number of hydrogen-bond donors (Lipinski definition) is 0. The molecule has 0 radical (unpaired) electrons. The summed E-state index contributed by atoms with van der Waals surface area (Å²) in [4.78, 5) is 1.01. The van der Waals surface area contributed by atoms with Gasteiger partial charge >= 0.3 is 6.18 Å². The lowest BCUT2D eigenvalue weighted by molar-refractivity contribution is -0.153. The average molecular weight is 330 g/mol. The van der Waals surface area contributed by atoms with Gasteiger partial charge < -0.3 is 9.47 Å². The van der Waals surface area contributed by atoms with Gasteiger partial charge in [0.1, 0.15) is 5.75 Å². The highest BCUT2D eigenvalue weighted by Crippen LogP contribution is 2.34. The van der Waals surface area contributed by atoms with Crippen LogP contribution in [-0.4, -0.2) is 31.7 Å². The zero-order valence-electron chi connectivity index (χ0n) is 12.2. The van der Waals surface area contributed by atoms with Crippen molar-refractivity contribution >= 4 is 22.5 Å². The minimum Gasteiger partial charge on any atom is -0.483 e. The van der Waals surface area contributed by atoms with Crippen LogP contribution in [0.4, 0.5) is 13.2 Å². The minimum absolute atomic E-state index is 0.252. The fourth-order valence-electron chi connectivity index (χ4n) is 2.01. The van der Waals surface area contributed by atoms with Gasteiger partial charge in [0.2, 0.25) is 0 Å². The Balaban J connectivity index is 2.19. The molecule has 0 fully saturated rings. The van der Waals surface area contributed by atoms with Crippen molar-refractivity contribution in [2.24, 2.45) is 0 Å². The lowest BCUT2D eigenvalue weighted by Gasteiger charge is -2.13. The van der Waals surface area contributed by atoms with Gasteiger partial charge in [0, 0.05) is 22.6 Å². The summed E-state index contributed by atoms with van der Waals surface area (Å²) in [5.74, 6) is 1.04. The highest BCUT2D eigenvalue weighted by atomic mass is 32.2. The van der Waals surface area contributed by atoms with Gasteiger partial charge in [-0.2, -0.15) is 13.2 Å². The molecule has 0 unspecified atom stereocenters. The first kappa shape index (κ1) is 17.0. The zero-order valence-corrected chi connectivity index (χ0v) is 13.0. The summed E-state index contributed by atoms with van der Waals surface area (Å²) in [6.07, 6.45) is -4.34. The van der Waals surface area contributed by atoms with Gasteiger partial charge in [-0.25, -0.2) is 0 Å². The van der Waals surface area contributed by atoms with Gasteiger partial charge in [-0.3, -0.25) is 0 Å². The Hall–Kier alpha value is -1.40. The number of hydrogen-bond acceptors (Lipinski definition) is 3. The predicted octanol–water partition coefficient (Wildman–Crippen LogP) is 4.91. The second-order valence-electron chi connectivity index (χ2n) is 4.56. The molecule has 6 heteroatoms. The maximum absolute atomic E-state index is 12.3. The summed E-state index contributed by atoms with van der Waals surface area (Å²) in [6.45, 7) is 1.97. The van der Waals surface area contributed by atoms with Gasteiger partial charge in [0.25, 0.3) is 0 Å². The highest BCUT2D eigenvalue weighted by molar-refractivity contribution is 7.99. The molecule has 0 atom stereocenters. The van der Waals surface area contributed by atoms with E-state index in [-0.39, 0.29) is 5.75 Å². The SMILES string of the molecule is CCOCCSc1ccc(OCC(F)(F)F)c2ccccc12. The van der Waals surface area contributed by atoms with E-state index in [1.54, 1.807) is 36.0 Å². The van der Waals surface area contributed by atoms with Crippen molar-refractivity contribution in [2.45, 2.75) is 18.0 Å². The van der Waals surface area contributed by atoms with Gasteiger partial charge in [0.05, 0.1) is 6.61 Å². The van der Waals surface area contributed by atoms with Crippen LogP contribution in [-0.2, 0) is 4.74 Å². The summed E-state index contributed by atoms with van der Waals surface area (Å²) < 4.78 is 47.2. The van der Waals surface area contributed by atoms with Crippen LogP contribution in [0.5, 0.6) is 5.75 Å². The molecule has 0 heterocycles. The summed E-state index contributed by atoms with van der Waals surface area (Å²) in [5, 5.41) is 1.58. The van der Waals surface area contributed by atoms with Crippen molar-refractivity contribution in [2.75, 3.05) is 25.6 Å². The molecule has 0 N–H and O–H groups in total. The highest BCUT2D eigenvalue weighted by Gasteiger charge is 2.28. The summed E-state index contributed by atoms with van der Waals surface area (Å²) in [6, 6.07) is 10.7. The Morgan fingerprint density at radius 2 is 1.77 bits per heavy atom. The standard InChI is InChI=1S/C16H17F3O2S/c1-2-20-9-10-22-15-8-7-14(21-11-16(17,18)19)12-5-3-4-6-13(12)15/h3-8H,2,9-11H2,1H3. The van der Waals surface area contributed by atoms with E-state index in [9.17, 15) is 13.2 Å². The van der Waals surface area contributed by atoms with E-state index in [0.29, 0.717) is 18.6 Å². The number of thioether (sulfide) groups is 1. The Morgan fingerprint density at radius 1 is 1.05 bits per heavy atom. The molecule has 0 aromatic heterocycles. The van der Waals surface area contributed by atoms with E-state index in [4.69, 9.17) is 9.47 Å². The molecule has 2 rings (SSSR count). The second-order valence-corrected chi connectivity index (χ2v) is 5.69. The maximum atomic E-state index is 12.3. The normalized spacial score (nSPS) is 11.8. The molecule has 0 aliphatic heterocycles. The quantitative estimate of drug-likeness (QED) is 0.531. The third-order valence-corrected chi connectivity index (χ3v) is 3.96. The lowest BCUT2D eigenvalue weighted by atomic mass is 10.1. The van der Waals surface area contributed by atoms with Crippen LogP contribution in [0, 0.1) is 0 Å². The summed E-state index contributed by atoms with van der Waals surface area (Å²) in [7, 11) is 0. The molecular weight excluding hydrogens is 313 g/mol. The monoisotopic (exact) mass is 330 g/mol. The van der Waals surface area contributed by atoms with Crippen molar-refractivity contribution in [3.8, 4) is 5.75 Å². The first-order chi connectivity index (χ1) is 10.5. The van der Waals surface area contributed by atoms with Crippen molar-refractivity contribution in [1.82, 2.24) is 0 Å². The van der Waals surface area contributed by atoms with Crippen LogP contribution in [0.1, 0.15) is 6.92 Å². The number of ether oxygens (including phenoxy) is 2. The zero-order chi connectivity index (χ0) is 16.0. The van der Waals surface area contributed by atoms with E-state index in [2.05, 4.69) is 0 Å². The molecule has 2 nitrogen and oxygen atoms in total. The first-order valence-corrected chi connectivity index (χ1v) is 7.91. The maximum Gasteiger partial charge on any atom is 0.422 e. The second kappa shape index (κ2) is 7.74. The van der Waals surface area contributed by atoms with E-state index in [1.807, 2.05) is 19.1 Å². The van der Waals surface area contributed by atoms with E-state index < -0.39 is 12.8 Å². The Bertz CT molecular complexity index is 614. The van der Waals surface area contributed by atoms with E-state index >= 15 is 0 Å². The first-order valence-electron chi connectivity index (χ1n) is 6.93. The molecule has 22 heavy (non-hydrogen) atoms. The molecule has 0 aliphatic carbocycles. The molecule has 0 bridgehead atoms. The van der Waals surface area contributed by atoms with E-state index in [1.165, 1.54) is 0 Å². The third-order valence-electron chi connectivity index (χ3n) is 2.92. The Labute approximate surface area is 131 Å². The molecular formula is C16H17F3O2S. The van der Waals surface area contributed by atoms with Crippen LogP contribution in [0.3, 0.4) is 0 Å². The molecule has 0 saturated carbocycles. The molecule has 2 aromatic rings. The van der Waals surface area contributed by atoms with Crippen molar-refractivity contribution in [3.05, 3.63) is 36.4 Å². The van der Waals surface area contributed by atoms with Crippen LogP contribution < -0.4 is 4.74 Å². The third kappa shape index (κ3) is 4.81. The molecule has 0 saturated heterocycles. The van der Waals surface area contributed by atoms with Crippen molar-refractivity contribution in [1.29, 1.82) is 0 Å². The molecule has 120 valence electrons. The fourth-order valence-corrected chi connectivity index (χ4v) is 2.93. The summed E-state index contributed by atoms with van der Waals surface area (Å²) in [5.41, 5.74) is 0. The topological polar surface area (TPSA) is 18.5 Å². The molecule has 0 aliphatic rings. The van der Waals surface area contributed by atoms with Crippen LogP contribution in [0.25, 0.3) is 10.8 Å². The molecule has 0 spiro atoms. The smallest absolute Gasteiger partial charge is 0.422 e. The lowest BCUT2D eigenvalue weighted by Crippen LogP contribution is -2.19. The fraction of sp³-hybridized carbons (Fsp3) is 0.375. The molecule has 2 aromatic carbocycles. The Kier molecular flexibility index (Phi) is 5.97. The average Bonchev–Trinajstić information content (AvgIpc) is 2.49. The van der Waals surface area contributed by atoms with Gasteiger partial charge in [-0.15, -0.1) is 11.8 Å². The minimum atomic E-state index is -4.34. The van der Waals surface area contributed by atoms with Crippen molar-refractivity contribution < 1.29 is 22.6 Å². The number of halogens is 3. The van der Waals surface area contributed by atoms with E-state index in [0.717, 1.165) is 16.0 Å². The van der Waals surface area contributed by atoms with Crippen molar-refractivity contribution in [3.63, 3.8) is 0 Å². The Morgan fingerprint density at radius 3 is 2.45 bits per heavy atom. The predicted molar refractivity (Wildman–Crippen MR) is 82.7 cm³/mol.